The second-order valence-corrected chi connectivity index (χ2v) is 4.57. The van der Waals surface area contributed by atoms with Crippen molar-refractivity contribution in [3.8, 4) is 5.75 Å². The Kier molecular flexibility index (Phi) is 5.32. The van der Waals surface area contributed by atoms with Crippen molar-refractivity contribution in [1.82, 2.24) is 0 Å². The fraction of sp³-hybridized carbons (Fsp3) is 0.235. The normalized spacial score (nSPS) is 10.2. The molecule has 0 bridgehead atoms. The van der Waals surface area contributed by atoms with Crippen molar-refractivity contribution < 1.29 is 13.9 Å². The molecule has 2 rings (SSSR count). The summed E-state index contributed by atoms with van der Waals surface area (Å²) >= 11 is 0. The van der Waals surface area contributed by atoms with Gasteiger partial charge in [-0.2, -0.15) is 0 Å². The molecule has 0 heterocycles. The summed E-state index contributed by atoms with van der Waals surface area (Å²) in [5, 5.41) is 2.58. The number of hydrogen-bond acceptors (Lipinski definition) is 2. The maximum absolute atomic E-state index is 13.4. The molecule has 0 atom stereocenters. The van der Waals surface area contributed by atoms with Gasteiger partial charge in [0, 0.05) is 6.42 Å². The zero-order chi connectivity index (χ0) is 15.1. The molecule has 0 saturated carbocycles. The van der Waals surface area contributed by atoms with E-state index in [4.69, 9.17) is 4.74 Å². The molecular formula is C17H18FNO2. The highest BCUT2D eigenvalue weighted by Gasteiger charge is 2.08. The highest BCUT2D eigenvalue weighted by atomic mass is 19.1. The van der Waals surface area contributed by atoms with E-state index in [1.165, 1.54) is 6.07 Å². The van der Waals surface area contributed by atoms with Crippen LogP contribution in [0.1, 0.15) is 18.9 Å². The van der Waals surface area contributed by atoms with E-state index in [0.29, 0.717) is 13.0 Å². The van der Waals surface area contributed by atoms with Crippen molar-refractivity contribution in [2.24, 2.45) is 0 Å². The van der Waals surface area contributed by atoms with Gasteiger partial charge in [-0.15, -0.1) is 0 Å². The molecule has 21 heavy (non-hydrogen) atoms. The van der Waals surface area contributed by atoms with Crippen molar-refractivity contribution in [3.63, 3.8) is 0 Å². The molecular weight excluding hydrogens is 269 g/mol. The van der Waals surface area contributed by atoms with Crippen LogP contribution >= 0.6 is 0 Å². The molecule has 2 aromatic rings. The summed E-state index contributed by atoms with van der Waals surface area (Å²) in [6, 6.07) is 13.8. The van der Waals surface area contributed by atoms with Crippen LogP contribution in [0, 0.1) is 5.82 Å². The summed E-state index contributed by atoms with van der Waals surface area (Å²) in [5.41, 5.74) is 1.18. The van der Waals surface area contributed by atoms with Crippen LogP contribution in [0.25, 0.3) is 0 Å². The maximum atomic E-state index is 13.4. The van der Waals surface area contributed by atoms with Crippen LogP contribution in [-0.2, 0) is 11.2 Å². The van der Waals surface area contributed by atoms with E-state index in [1.54, 1.807) is 18.2 Å². The molecule has 4 heteroatoms. The van der Waals surface area contributed by atoms with Crippen molar-refractivity contribution in [1.29, 1.82) is 0 Å². The molecule has 1 amide bonds. The Bertz CT molecular complexity index is 613. The number of ether oxygens (including phenoxy) is 1. The standard InChI is InChI=1S/C17H18FNO2/c1-2-21-16-10-6-3-7-13(16)11-12-17(20)19-15-9-5-4-8-14(15)18/h3-10H,2,11-12H2,1H3,(H,19,20). The van der Waals surface area contributed by atoms with Gasteiger partial charge in [0.15, 0.2) is 0 Å². The molecule has 0 aliphatic heterocycles. The first-order valence-corrected chi connectivity index (χ1v) is 6.95. The quantitative estimate of drug-likeness (QED) is 0.877. The van der Waals surface area contributed by atoms with Crippen molar-refractivity contribution in [3.05, 3.63) is 59.9 Å². The predicted octanol–water partition coefficient (Wildman–Crippen LogP) is 3.80. The van der Waals surface area contributed by atoms with Gasteiger partial charge in [-0.1, -0.05) is 30.3 Å². The van der Waals surface area contributed by atoms with E-state index in [9.17, 15) is 9.18 Å². The topological polar surface area (TPSA) is 38.3 Å². The molecule has 110 valence electrons. The second kappa shape index (κ2) is 7.43. The number of amides is 1. The number of carbonyl (C=O) groups excluding carboxylic acids is 1. The van der Waals surface area contributed by atoms with E-state index in [2.05, 4.69) is 5.32 Å². The van der Waals surface area contributed by atoms with Crippen LogP contribution in [0.2, 0.25) is 0 Å². The summed E-state index contributed by atoms with van der Waals surface area (Å²) in [7, 11) is 0. The number of halogens is 1. The number of benzene rings is 2. The van der Waals surface area contributed by atoms with Crippen LogP contribution in [0.5, 0.6) is 5.75 Å². The van der Waals surface area contributed by atoms with Gasteiger partial charge in [0.2, 0.25) is 5.91 Å². The number of carbonyl (C=O) groups is 1. The van der Waals surface area contributed by atoms with Gasteiger partial charge in [0.05, 0.1) is 12.3 Å². The first kappa shape index (κ1) is 15.0. The summed E-state index contributed by atoms with van der Waals surface area (Å²) in [6.07, 6.45) is 0.828. The highest BCUT2D eigenvalue weighted by Crippen LogP contribution is 2.20. The van der Waals surface area contributed by atoms with Crippen molar-refractivity contribution >= 4 is 11.6 Å². The van der Waals surface area contributed by atoms with Crippen LogP contribution in [0.3, 0.4) is 0 Å². The summed E-state index contributed by atoms with van der Waals surface area (Å²) in [6.45, 7) is 2.50. The Hall–Kier alpha value is -2.36. The van der Waals surface area contributed by atoms with Crippen LogP contribution in [0.15, 0.2) is 48.5 Å². The van der Waals surface area contributed by atoms with Gasteiger partial charge in [-0.25, -0.2) is 4.39 Å². The monoisotopic (exact) mass is 287 g/mol. The zero-order valence-electron chi connectivity index (χ0n) is 11.9. The van der Waals surface area contributed by atoms with Gasteiger partial charge >= 0.3 is 0 Å². The third-order valence-electron chi connectivity index (χ3n) is 3.04. The number of para-hydroxylation sites is 2. The third-order valence-corrected chi connectivity index (χ3v) is 3.04. The fourth-order valence-corrected chi connectivity index (χ4v) is 2.03. The van der Waals surface area contributed by atoms with Gasteiger partial charge in [0.25, 0.3) is 0 Å². The molecule has 0 aliphatic carbocycles. The molecule has 0 unspecified atom stereocenters. The van der Waals surface area contributed by atoms with Gasteiger partial charge < -0.3 is 10.1 Å². The molecule has 1 N–H and O–H groups in total. The maximum Gasteiger partial charge on any atom is 0.224 e. The molecule has 0 radical (unpaired) electrons. The molecule has 2 aromatic carbocycles. The molecule has 0 saturated heterocycles. The Morgan fingerprint density at radius 2 is 1.86 bits per heavy atom. The Labute approximate surface area is 123 Å². The SMILES string of the molecule is CCOc1ccccc1CCC(=O)Nc1ccccc1F. The molecule has 3 nitrogen and oxygen atoms in total. The fourth-order valence-electron chi connectivity index (χ4n) is 2.03. The first-order chi connectivity index (χ1) is 10.2. The summed E-state index contributed by atoms with van der Waals surface area (Å²) in [5.74, 6) is 0.144. The second-order valence-electron chi connectivity index (χ2n) is 4.57. The average Bonchev–Trinajstić information content (AvgIpc) is 2.49. The van der Waals surface area contributed by atoms with Gasteiger partial charge in [-0.05, 0) is 37.1 Å². The predicted molar refractivity (Wildman–Crippen MR) is 81.0 cm³/mol. The number of nitrogens with one attached hydrogen (secondary N) is 1. The number of hydrogen-bond donors (Lipinski definition) is 1. The minimum Gasteiger partial charge on any atom is -0.494 e. The van der Waals surface area contributed by atoms with Crippen LogP contribution < -0.4 is 10.1 Å². The lowest BCUT2D eigenvalue weighted by atomic mass is 10.1. The number of rotatable bonds is 6. The molecule has 0 spiro atoms. The summed E-state index contributed by atoms with van der Waals surface area (Å²) in [4.78, 5) is 11.9. The first-order valence-electron chi connectivity index (χ1n) is 6.95. The van der Waals surface area contributed by atoms with E-state index < -0.39 is 5.82 Å². The lowest BCUT2D eigenvalue weighted by molar-refractivity contribution is -0.116. The van der Waals surface area contributed by atoms with Crippen LogP contribution in [0.4, 0.5) is 10.1 Å². The summed E-state index contributed by atoms with van der Waals surface area (Å²) < 4.78 is 19.0. The number of aryl methyl sites for hydroxylation is 1. The highest BCUT2D eigenvalue weighted by molar-refractivity contribution is 5.90. The minimum atomic E-state index is -0.430. The van der Waals surface area contributed by atoms with Crippen molar-refractivity contribution in [2.75, 3.05) is 11.9 Å². The average molecular weight is 287 g/mol. The molecule has 0 aromatic heterocycles. The van der Waals surface area contributed by atoms with Gasteiger partial charge in [-0.3, -0.25) is 4.79 Å². The van der Waals surface area contributed by atoms with E-state index >= 15 is 0 Å². The number of anilines is 1. The lowest BCUT2D eigenvalue weighted by Crippen LogP contribution is -2.13. The van der Waals surface area contributed by atoms with Crippen LogP contribution in [-0.4, -0.2) is 12.5 Å². The van der Waals surface area contributed by atoms with Crippen molar-refractivity contribution in [2.45, 2.75) is 19.8 Å². The van der Waals surface area contributed by atoms with E-state index in [-0.39, 0.29) is 18.0 Å². The molecule has 0 fully saturated rings. The largest absolute Gasteiger partial charge is 0.494 e. The van der Waals surface area contributed by atoms with E-state index in [1.807, 2.05) is 31.2 Å². The Morgan fingerprint density at radius 3 is 2.62 bits per heavy atom. The smallest absolute Gasteiger partial charge is 0.224 e. The molecule has 0 aliphatic rings. The Morgan fingerprint density at radius 1 is 1.14 bits per heavy atom. The third kappa shape index (κ3) is 4.31. The van der Waals surface area contributed by atoms with E-state index in [0.717, 1.165) is 11.3 Å². The zero-order valence-corrected chi connectivity index (χ0v) is 11.9. The van der Waals surface area contributed by atoms with Gasteiger partial charge in [0.1, 0.15) is 11.6 Å². The lowest BCUT2D eigenvalue weighted by Gasteiger charge is -2.10. The minimum absolute atomic E-state index is 0.209. The Balaban J connectivity index is 1.94.